The number of rotatable bonds is 1. The molecular formula is C20H30N2O. The Morgan fingerprint density at radius 2 is 1.91 bits per heavy atom. The SMILES string of the molecule is CC(C)(C)CC(=O)N1CCN2CC(C)(C)c3ccccc3C2C1. The van der Waals surface area contributed by atoms with Gasteiger partial charge >= 0.3 is 0 Å². The van der Waals surface area contributed by atoms with Crippen molar-refractivity contribution in [3.63, 3.8) is 0 Å². The van der Waals surface area contributed by atoms with Crippen LogP contribution in [-0.2, 0) is 10.2 Å². The van der Waals surface area contributed by atoms with Crippen molar-refractivity contribution in [1.29, 1.82) is 0 Å². The van der Waals surface area contributed by atoms with Crippen molar-refractivity contribution < 1.29 is 4.79 Å². The molecule has 0 radical (unpaired) electrons. The van der Waals surface area contributed by atoms with Gasteiger partial charge in [0, 0.05) is 38.0 Å². The largest absolute Gasteiger partial charge is 0.339 e. The van der Waals surface area contributed by atoms with E-state index in [4.69, 9.17) is 0 Å². The normalized spacial score (nSPS) is 24.0. The number of fused-ring (bicyclic) bond motifs is 3. The molecule has 0 saturated carbocycles. The molecule has 0 aromatic heterocycles. The molecule has 1 unspecified atom stereocenters. The zero-order chi connectivity index (χ0) is 16.8. The van der Waals surface area contributed by atoms with Crippen LogP contribution < -0.4 is 0 Å². The van der Waals surface area contributed by atoms with E-state index in [2.05, 4.69) is 68.7 Å². The van der Waals surface area contributed by atoms with Gasteiger partial charge in [-0.05, 0) is 16.5 Å². The van der Waals surface area contributed by atoms with Crippen LogP contribution in [-0.4, -0.2) is 41.9 Å². The summed E-state index contributed by atoms with van der Waals surface area (Å²) in [4.78, 5) is 17.3. The second-order valence-electron chi connectivity index (χ2n) is 9.03. The van der Waals surface area contributed by atoms with E-state index in [-0.39, 0.29) is 10.8 Å². The Bertz CT molecular complexity index is 600. The molecule has 0 spiro atoms. The van der Waals surface area contributed by atoms with Crippen molar-refractivity contribution >= 4 is 5.91 Å². The molecule has 2 heterocycles. The Labute approximate surface area is 140 Å². The van der Waals surface area contributed by atoms with Crippen molar-refractivity contribution in [2.75, 3.05) is 26.2 Å². The number of amides is 1. The molecule has 3 nitrogen and oxygen atoms in total. The Morgan fingerprint density at radius 3 is 2.61 bits per heavy atom. The predicted octanol–water partition coefficient (Wildman–Crippen LogP) is 3.60. The van der Waals surface area contributed by atoms with Gasteiger partial charge in [0.05, 0.1) is 6.04 Å². The van der Waals surface area contributed by atoms with E-state index in [9.17, 15) is 4.79 Å². The molecule has 1 amide bonds. The Morgan fingerprint density at radius 1 is 1.22 bits per heavy atom. The highest BCUT2D eigenvalue weighted by atomic mass is 16.2. The number of carbonyl (C=O) groups excluding carboxylic acids is 1. The summed E-state index contributed by atoms with van der Waals surface area (Å²) < 4.78 is 0. The maximum absolute atomic E-state index is 12.6. The molecule has 1 aromatic rings. The molecule has 1 fully saturated rings. The fraction of sp³-hybridized carbons (Fsp3) is 0.650. The third-order valence-electron chi connectivity index (χ3n) is 5.17. The van der Waals surface area contributed by atoms with Crippen LogP contribution >= 0.6 is 0 Å². The van der Waals surface area contributed by atoms with Gasteiger partial charge in [-0.3, -0.25) is 9.69 Å². The van der Waals surface area contributed by atoms with Gasteiger partial charge in [0.1, 0.15) is 0 Å². The summed E-state index contributed by atoms with van der Waals surface area (Å²) >= 11 is 0. The summed E-state index contributed by atoms with van der Waals surface area (Å²) in [6.45, 7) is 14.8. The maximum atomic E-state index is 12.6. The molecule has 2 aliphatic heterocycles. The number of nitrogens with zero attached hydrogens (tertiary/aromatic N) is 2. The number of piperazine rings is 1. The van der Waals surface area contributed by atoms with Crippen LogP contribution in [0.2, 0.25) is 0 Å². The lowest BCUT2D eigenvalue weighted by molar-refractivity contribution is -0.136. The fourth-order valence-corrected chi connectivity index (χ4v) is 4.09. The monoisotopic (exact) mass is 314 g/mol. The molecule has 126 valence electrons. The van der Waals surface area contributed by atoms with Crippen LogP contribution in [0.1, 0.15) is 58.2 Å². The minimum Gasteiger partial charge on any atom is -0.339 e. The summed E-state index contributed by atoms with van der Waals surface area (Å²) in [5.74, 6) is 0.305. The summed E-state index contributed by atoms with van der Waals surface area (Å²) in [6, 6.07) is 9.15. The van der Waals surface area contributed by atoms with E-state index in [1.165, 1.54) is 11.1 Å². The molecule has 0 N–H and O–H groups in total. The van der Waals surface area contributed by atoms with Crippen molar-refractivity contribution in [3.8, 4) is 0 Å². The molecule has 1 aromatic carbocycles. The highest BCUT2D eigenvalue weighted by molar-refractivity contribution is 5.77. The molecule has 3 rings (SSSR count). The topological polar surface area (TPSA) is 23.6 Å². The maximum Gasteiger partial charge on any atom is 0.223 e. The Hall–Kier alpha value is -1.35. The number of carbonyl (C=O) groups is 1. The van der Waals surface area contributed by atoms with Gasteiger partial charge in [0.25, 0.3) is 0 Å². The van der Waals surface area contributed by atoms with Gasteiger partial charge in [-0.15, -0.1) is 0 Å². The summed E-state index contributed by atoms with van der Waals surface area (Å²) in [5.41, 5.74) is 3.11. The van der Waals surface area contributed by atoms with E-state index in [1.807, 2.05) is 0 Å². The van der Waals surface area contributed by atoms with E-state index in [1.54, 1.807) is 0 Å². The number of hydrogen-bond acceptors (Lipinski definition) is 2. The summed E-state index contributed by atoms with van der Waals surface area (Å²) in [7, 11) is 0. The van der Waals surface area contributed by atoms with Gasteiger partial charge in [-0.1, -0.05) is 58.9 Å². The van der Waals surface area contributed by atoms with Gasteiger partial charge in [-0.2, -0.15) is 0 Å². The first-order chi connectivity index (χ1) is 10.7. The second-order valence-corrected chi connectivity index (χ2v) is 9.03. The first-order valence-corrected chi connectivity index (χ1v) is 8.79. The van der Waals surface area contributed by atoms with Gasteiger partial charge in [0.2, 0.25) is 5.91 Å². The van der Waals surface area contributed by atoms with Crippen molar-refractivity contribution in [2.45, 2.75) is 52.5 Å². The Balaban J connectivity index is 1.84. The van der Waals surface area contributed by atoms with Crippen LogP contribution in [0.3, 0.4) is 0 Å². The average Bonchev–Trinajstić information content (AvgIpc) is 2.45. The summed E-state index contributed by atoms with van der Waals surface area (Å²) in [6.07, 6.45) is 0.632. The van der Waals surface area contributed by atoms with Crippen LogP contribution in [0.4, 0.5) is 0 Å². The van der Waals surface area contributed by atoms with Gasteiger partial charge in [-0.25, -0.2) is 0 Å². The number of hydrogen-bond donors (Lipinski definition) is 0. The van der Waals surface area contributed by atoms with Gasteiger partial charge in [0.15, 0.2) is 0 Å². The lowest BCUT2D eigenvalue weighted by Crippen LogP contribution is -2.56. The number of benzene rings is 1. The smallest absolute Gasteiger partial charge is 0.223 e. The first kappa shape index (κ1) is 16.5. The summed E-state index contributed by atoms with van der Waals surface area (Å²) in [5, 5.41) is 0. The van der Waals surface area contributed by atoms with Crippen molar-refractivity contribution in [1.82, 2.24) is 9.80 Å². The Kier molecular flexibility index (Phi) is 4.04. The predicted molar refractivity (Wildman–Crippen MR) is 94.4 cm³/mol. The third-order valence-corrected chi connectivity index (χ3v) is 5.17. The average molecular weight is 314 g/mol. The quantitative estimate of drug-likeness (QED) is 0.791. The highest BCUT2D eigenvalue weighted by Gasteiger charge is 2.41. The molecule has 2 aliphatic rings. The van der Waals surface area contributed by atoms with E-state index >= 15 is 0 Å². The van der Waals surface area contributed by atoms with Crippen LogP contribution in [0, 0.1) is 5.41 Å². The third kappa shape index (κ3) is 3.30. The van der Waals surface area contributed by atoms with E-state index in [0.29, 0.717) is 18.4 Å². The van der Waals surface area contributed by atoms with E-state index in [0.717, 1.165) is 26.2 Å². The second kappa shape index (κ2) is 5.62. The lowest BCUT2D eigenvalue weighted by atomic mass is 9.75. The van der Waals surface area contributed by atoms with E-state index < -0.39 is 0 Å². The van der Waals surface area contributed by atoms with Crippen LogP contribution in [0.5, 0.6) is 0 Å². The highest BCUT2D eigenvalue weighted by Crippen LogP contribution is 2.41. The molecule has 1 atom stereocenters. The lowest BCUT2D eigenvalue weighted by Gasteiger charge is -2.50. The zero-order valence-electron chi connectivity index (χ0n) is 15.2. The molecule has 1 saturated heterocycles. The first-order valence-electron chi connectivity index (χ1n) is 8.79. The fourth-order valence-electron chi connectivity index (χ4n) is 4.09. The molecule has 3 heteroatoms. The van der Waals surface area contributed by atoms with Crippen LogP contribution in [0.25, 0.3) is 0 Å². The molecule has 0 aliphatic carbocycles. The minimum atomic E-state index is 0.0562. The van der Waals surface area contributed by atoms with Crippen molar-refractivity contribution in [3.05, 3.63) is 35.4 Å². The standard InChI is InChI=1S/C20H30N2O/c1-19(2,3)12-18(23)21-10-11-22-14-20(4,5)16-9-7-6-8-15(16)17(22)13-21/h6-9,17H,10-14H2,1-5H3. The molecular weight excluding hydrogens is 284 g/mol. The van der Waals surface area contributed by atoms with Crippen LogP contribution in [0.15, 0.2) is 24.3 Å². The zero-order valence-corrected chi connectivity index (χ0v) is 15.2. The molecule has 0 bridgehead atoms. The van der Waals surface area contributed by atoms with Gasteiger partial charge < -0.3 is 4.90 Å². The molecule has 23 heavy (non-hydrogen) atoms. The van der Waals surface area contributed by atoms with Crippen molar-refractivity contribution in [2.24, 2.45) is 5.41 Å². The minimum absolute atomic E-state index is 0.0562.